The van der Waals surface area contributed by atoms with E-state index in [0.717, 1.165) is 5.56 Å². The molecule has 0 bridgehead atoms. The van der Waals surface area contributed by atoms with Crippen molar-refractivity contribution in [1.82, 2.24) is 4.98 Å². The maximum Gasteiger partial charge on any atom is 0.308 e. The lowest BCUT2D eigenvalue weighted by Gasteiger charge is -2.11. The molecule has 1 aromatic heterocycles. The van der Waals surface area contributed by atoms with Crippen LogP contribution in [0.15, 0.2) is 31.0 Å². The van der Waals surface area contributed by atoms with E-state index in [9.17, 15) is 4.79 Å². The Bertz CT molecular complexity index is 376. The van der Waals surface area contributed by atoms with E-state index in [1.807, 2.05) is 0 Å². The summed E-state index contributed by atoms with van der Waals surface area (Å²) in [6, 6.07) is 3.05. The molecule has 0 amide bonds. The highest BCUT2D eigenvalue weighted by atomic mass is 16.5. The average Bonchev–Trinajstić information content (AvgIpc) is 2.36. The number of carbonyl (C=O) groups excluding carboxylic acids is 1. The summed E-state index contributed by atoms with van der Waals surface area (Å²) in [5.41, 5.74) is 6.62. The van der Waals surface area contributed by atoms with Gasteiger partial charge in [0.1, 0.15) is 6.61 Å². The molecular weight excluding hydrogens is 220 g/mol. The minimum atomic E-state index is -0.425. The minimum absolute atomic E-state index is 0.113. The fourth-order valence-corrected chi connectivity index (χ4v) is 1.24. The van der Waals surface area contributed by atoms with Gasteiger partial charge in [-0.2, -0.15) is 0 Å². The Morgan fingerprint density at radius 3 is 2.94 bits per heavy atom. The number of pyridine rings is 1. The predicted molar refractivity (Wildman–Crippen MR) is 63.5 cm³/mol. The standard InChI is InChI=1S/C12H16N2O3/c1-3-6-17-12(15)7-10(13)9-4-5-11(16-2)14-8-9/h3-5,8,10H,1,6-7,13H2,2H3. The van der Waals surface area contributed by atoms with Crippen molar-refractivity contribution in [2.45, 2.75) is 12.5 Å². The lowest BCUT2D eigenvalue weighted by atomic mass is 10.1. The number of carbonyl (C=O) groups is 1. The van der Waals surface area contributed by atoms with Crippen LogP contribution in [0, 0.1) is 0 Å². The van der Waals surface area contributed by atoms with Crippen molar-refractivity contribution < 1.29 is 14.3 Å². The summed E-state index contributed by atoms with van der Waals surface area (Å²) < 4.78 is 9.77. The molecule has 1 unspecified atom stereocenters. The summed E-state index contributed by atoms with van der Waals surface area (Å²) in [5.74, 6) is 0.156. The van der Waals surface area contributed by atoms with Crippen LogP contribution in [0.3, 0.4) is 0 Å². The van der Waals surface area contributed by atoms with Crippen LogP contribution in [0.4, 0.5) is 0 Å². The van der Waals surface area contributed by atoms with Crippen molar-refractivity contribution in [1.29, 1.82) is 0 Å². The number of nitrogens with two attached hydrogens (primary N) is 1. The van der Waals surface area contributed by atoms with Crippen molar-refractivity contribution in [2.24, 2.45) is 5.73 Å². The fourth-order valence-electron chi connectivity index (χ4n) is 1.24. The Labute approximate surface area is 100 Å². The summed E-state index contributed by atoms with van der Waals surface area (Å²) in [5, 5.41) is 0. The molecule has 5 nitrogen and oxygen atoms in total. The average molecular weight is 236 g/mol. The topological polar surface area (TPSA) is 74.4 Å². The van der Waals surface area contributed by atoms with Gasteiger partial charge < -0.3 is 15.2 Å². The Morgan fingerprint density at radius 2 is 2.41 bits per heavy atom. The number of esters is 1. The van der Waals surface area contributed by atoms with Crippen LogP contribution in [0.25, 0.3) is 0 Å². The Morgan fingerprint density at radius 1 is 1.65 bits per heavy atom. The summed E-state index contributed by atoms with van der Waals surface area (Å²) in [6.07, 6.45) is 3.21. The van der Waals surface area contributed by atoms with Gasteiger partial charge in [-0.3, -0.25) is 4.79 Å². The predicted octanol–water partition coefficient (Wildman–Crippen LogP) is 1.21. The van der Waals surface area contributed by atoms with E-state index < -0.39 is 6.04 Å². The van der Waals surface area contributed by atoms with Crippen LogP contribution < -0.4 is 10.5 Å². The molecule has 0 aliphatic rings. The molecule has 0 radical (unpaired) electrons. The van der Waals surface area contributed by atoms with Crippen LogP contribution in [0.2, 0.25) is 0 Å². The third kappa shape index (κ3) is 4.24. The minimum Gasteiger partial charge on any atom is -0.481 e. The van der Waals surface area contributed by atoms with Gasteiger partial charge >= 0.3 is 5.97 Å². The smallest absolute Gasteiger partial charge is 0.308 e. The molecule has 1 atom stereocenters. The summed E-state index contributed by atoms with van der Waals surface area (Å²) in [4.78, 5) is 15.3. The quantitative estimate of drug-likeness (QED) is 0.593. The van der Waals surface area contributed by atoms with Gasteiger partial charge in [0.05, 0.1) is 13.5 Å². The monoisotopic (exact) mass is 236 g/mol. The molecule has 0 saturated heterocycles. The van der Waals surface area contributed by atoms with E-state index in [1.54, 1.807) is 18.3 Å². The molecule has 0 aromatic carbocycles. The zero-order valence-corrected chi connectivity index (χ0v) is 9.76. The number of rotatable bonds is 6. The van der Waals surface area contributed by atoms with E-state index in [-0.39, 0.29) is 19.0 Å². The second-order valence-corrected chi connectivity index (χ2v) is 3.42. The van der Waals surface area contributed by atoms with Crippen LogP contribution >= 0.6 is 0 Å². The molecule has 1 aromatic rings. The van der Waals surface area contributed by atoms with Crippen LogP contribution in [0.1, 0.15) is 18.0 Å². The van der Waals surface area contributed by atoms with Crippen molar-refractivity contribution in [3.05, 3.63) is 36.5 Å². The molecule has 92 valence electrons. The molecule has 5 heteroatoms. The van der Waals surface area contributed by atoms with Gasteiger partial charge in [0.15, 0.2) is 0 Å². The molecule has 0 aliphatic heterocycles. The highest BCUT2D eigenvalue weighted by Gasteiger charge is 2.12. The van der Waals surface area contributed by atoms with Crippen molar-refractivity contribution in [3.63, 3.8) is 0 Å². The Kier molecular flexibility index (Phi) is 5.16. The third-order valence-electron chi connectivity index (χ3n) is 2.15. The maximum absolute atomic E-state index is 11.3. The first-order chi connectivity index (χ1) is 8.17. The number of ether oxygens (including phenoxy) is 2. The largest absolute Gasteiger partial charge is 0.481 e. The van der Waals surface area contributed by atoms with Gasteiger partial charge in [0, 0.05) is 18.3 Å². The maximum atomic E-state index is 11.3. The summed E-state index contributed by atoms with van der Waals surface area (Å²) in [6.45, 7) is 3.66. The van der Waals surface area contributed by atoms with E-state index in [1.165, 1.54) is 13.2 Å². The number of hydrogen-bond donors (Lipinski definition) is 1. The van der Waals surface area contributed by atoms with Gasteiger partial charge in [-0.25, -0.2) is 4.98 Å². The molecule has 1 rings (SSSR count). The first-order valence-electron chi connectivity index (χ1n) is 5.19. The number of nitrogens with zero attached hydrogens (tertiary/aromatic N) is 1. The molecule has 1 heterocycles. The van der Waals surface area contributed by atoms with E-state index >= 15 is 0 Å². The molecule has 0 fully saturated rings. The first-order valence-corrected chi connectivity index (χ1v) is 5.19. The van der Waals surface area contributed by atoms with Crippen molar-refractivity contribution in [2.75, 3.05) is 13.7 Å². The second kappa shape index (κ2) is 6.65. The first kappa shape index (κ1) is 13.2. The highest BCUT2D eigenvalue weighted by Crippen LogP contribution is 2.16. The van der Waals surface area contributed by atoms with Gasteiger partial charge in [0.25, 0.3) is 0 Å². The molecule has 2 N–H and O–H groups in total. The third-order valence-corrected chi connectivity index (χ3v) is 2.15. The molecule has 0 spiro atoms. The zero-order valence-electron chi connectivity index (χ0n) is 9.76. The molecule has 0 aliphatic carbocycles. The van der Waals surface area contributed by atoms with E-state index in [2.05, 4.69) is 11.6 Å². The Balaban J connectivity index is 2.53. The van der Waals surface area contributed by atoms with Crippen molar-refractivity contribution >= 4 is 5.97 Å². The lowest BCUT2D eigenvalue weighted by molar-refractivity contribution is -0.142. The Hall–Kier alpha value is -1.88. The van der Waals surface area contributed by atoms with E-state index in [4.69, 9.17) is 15.2 Å². The van der Waals surface area contributed by atoms with E-state index in [0.29, 0.717) is 5.88 Å². The van der Waals surface area contributed by atoms with Gasteiger partial charge in [-0.1, -0.05) is 18.7 Å². The molecule has 17 heavy (non-hydrogen) atoms. The fraction of sp³-hybridized carbons (Fsp3) is 0.333. The zero-order chi connectivity index (χ0) is 12.7. The summed E-state index contributed by atoms with van der Waals surface area (Å²) >= 11 is 0. The summed E-state index contributed by atoms with van der Waals surface area (Å²) in [7, 11) is 1.54. The van der Waals surface area contributed by atoms with Crippen LogP contribution in [-0.2, 0) is 9.53 Å². The molecular formula is C12H16N2O3. The van der Waals surface area contributed by atoms with Gasteiger partial charge in [-0.15, -0.1) is 0 Å². The highest BCUT2D eigenvalue weighted by molar-refractivity contribution is 5.70. The second-order valence-electron chi connectivity index (χ2n) is 3.42. The number of hydrogen-bond acceptors (Lipinski definition) is 5. The number of methoxy groups -OCH3 is 1. The van der Waals surface area contributed by atoms with Gasteiger partial charge in [-0.05, 0) is 5.56 Å². The SMILES string of the molecule is C=CCOC(=O)CC(N)c1ccc(OC)nc1. The normalized spacial score (nSPS) is 11.6. The lowest BCUT2D eigenvalue weighted by Crippen LogP contribution is -2.17. The van der Waals surface area contributed by atoms with Gasteiger partial charge in [0.2, 0.25) is 5.88 Å². The van der Waals surface area contributed by atoms with Crippen LogP contribution in [0.5, 0.6) is 5.88 Å². The number of aromatic nitrogens is 1. The van der Waals surface area contributed by atoms with Crippen molar-refractivity contribution in [3.8, 4) is 5.88 Å². The van der Waals surface area contributed by atoms with Crippen LogP contribution in [-0.4, -0.2) is 24.7 Å². The molecule has 0 saturated carbocycles.